The van der Waals surface area contributed by atoms with E-state index < -0.39 is 0 Å². The van der Waals surface area contributed by atoms with Gasteiger partial charge in [0, 0.05) is 22.0 Å². The molecule has 0 saturated carbocycles. The Balaban J connectivity index is 0.00000147. The number of hydrogen-bond donors (Lipinski definition) is 1. The van der Waals surface area contributed by atoms with Gasteiger partial charge in [-0.05, 0) is 28.5 Å². The summed E-state index contributed by atoms with van der Waals surface area (Å²) in [5.41, 5.74) is 8.47. The fraction of sp³-hybridized carbons (Fsp3) is 0.400. The van der Waals surface area contributed by atoms with Crippen molar-refractivity contribution in [3.05, 3.63) is 29.3 Å². The summed E-state index contributed by atoms with van der Waals surface area (Å²) in [7, 11) is 0. The maximum Gasteiger partial charge on any atom is 0.0772 e. The van der Waals surface area contributed by atoms with Gasteiger partial charge < -0.3 is 5.73 Å². The van der Waals surface area contributed by atoms with Gasteiger partial charge in [0.2, 0.25) is 0 Å². The highest BCUT2D eigenvalue weighted by Gasteiger charge is 2.21. The van der Waals surface area contributed by atoms with Gasteiger partial charge in [0.1, 0.15) is 0 Å². The minimum Gasteiger partial charge on any atom is -0.329 e. The largest absolute Gasteiger partial charge is 0.329 e. The molecule has 0 bridgehead atoms. The quantitative estimate of drug-likeness (QED) is 0.779. The Morgan fingerprint density at radius 1 is 1.30 bits per heavy atom. The molecule has 20 heavy (non-hydrogen) atoms. The number of hydrogen-bond acceptors (Lipinski definition) is 3. The third-order valence-corrected chi connectivity index (χ3v) is 4.43. The van der Waals surface area contributed by atoms with Gasteiger partial charge in [0.15, 0.2) is 0 Å². The molecule has 0 saturated heterocycles. The second kappa shape index (κ2) is 5.35. The van der Waals surface area contributed by atoms with Gasteiger partial charge in [-0.15, -0.1) is 23.7 Å². The van der Waals surface area contributed by atoms with Gasteiger partial charge in [0.05, 0.1) is 18.3 Å². The summed E-state index contributed by atoms with van der Waals surface area (Å²) in [5, 5.41) is 9.31. The molecule has 0 radical (unpaired) electrons. The molecule has 3 aromatic rings. The van der Waals surface area contributed by atoms with E-state index in [9.17, 15) is 0 Å². The van der Waals surface area contributed by atoms with Crippen LogP contribution < -0.4 is 5.73 Å². The Hall–Kier alpha value is -1.10. The number of nitrogens with two attached hydrogens (primary N) is 1. The lowest BCUT2D eigenvalue weighted by Crippen LogP contribution is -2.13. The monoisotopic (exact) mass is 309 g/mol. The molecule has 3 nitrogen and oxygen atoms in total. The number of halogens is 1. The van der Waals surface area contributed by atoms with Crippen LogP contribution in [0.1, 0.15) is 26.3 Å². The predicted octanol–water partition coefficient (Wildman–Crippen LogP) is 3.93. The van der Waals surface area contributed by atoms with Crippen LogP contribution in [0.5, 0.6) is 0 Å². The minimum absolute atomic E-state index is 0. The summed E-state index contributed by atoms with van der Waals surface area (Å²) >= 11 is 1.81. The maximum atomic E-state index is 5.70. The van der Waals surface area contributed by atoms with Crippen molar-refractivity contribution in [2.24, 2.45) is 5.73 Å². The number of fused-ring (bicyclic) bond motifs is 3. The van der Waals surface area contributed by atoms with E-state index in [2.05, 4.69) is 43.4 Å². The number of benzene rings is 1. The topological polar surface area (TPSA) is 43.8 Å². The van der Waals surface area contributed by atoms with Crippen molar-refractivity contribution in [1.82, 2.24) is 9.78 Å². The highest BCUT2D eigenvalue weighted by Crippen LogP contribution is 2.38. The van der Waals surface area contributed by atoms with E-state index in [1.165, 1.54) is 26.6 Å². The molecule has 0 aliphatic carbocycles. The number of aromatic nitrogens is 2. The first-order valence-electron chi connectivity index (χ1n) is 6.58. The lowest BCUT2D eigenvalue weighted by Gasteiger charge is -2.18. The molecular formula is C15H20ClN3S. The Morgan fingerprint density at radius 2 is 2.05 bits per heavy atom. The van der Waals surface area contributed by atoms with Crippen molar-refractivity contribution in [2.75, 3.05) is 6.54 Å². The van der Waals surface area contributed by atoms with Crippen molar-refractivity contribution in [3.63, 3.8) is 0 Å². The maximum absolute atomic E-state index is 5.70. The number of rotatable bonds is 2. The lowest BCUT2D eigenvalue weighted by molar-refractivity contribution is 0.597. The van der Waals surface area contributed by atoms with Crippen molar-refractivity contribution in [3.8, 4) is 0 Å². The third kappa shape index (κ3) is 2.32. The van der Waals surface area contributed by atoms with Crippen LogP contribution >= 0.6 is 23.7 Å². The van der Waals surface area contributed by atoms with Gasteiger partial charge in [-0.2, -0.15) is 5.10 Å². The SMILES string of the molecule is CC(C)(C)c1csc2ccc3cnn(CCN)c3c12.Cl. The van der Waals surface area contributed by atoms with E-state index in [4.69, 9.17) is 5.73 Å². The Labute approximate surface area is 129 Å². The molecule has 3 rings (SSSR count). The van der Waals surface area contributed by atoms with Crippen LogP contribution in [0.4, 0.5) is 0 Å². The summed E-state index contributed by atoms with van der Waals surface area (Å²) < 4.78 is 3.37. The molecule has 0 atom stereocenters. The second-order valence-electron chi connectivity index (χ2n) is 5.93. The fourth-order valence-electron chi connectivity index (χ4n) is 2.54. The van der Waals surface area contributed by atoms with Crippen molar-refractivity contribution in [1.29, 1.82) is 0 Å². The van der Waals surface area contributed by atoms with E-state index in [1.807, 2.05) is 22.2 Å². The molecule has 2 heterocycles. The predicted molar refractivity (Wildman–Crippen MR) is 90.1 cm³/mol. The van der Waals surface area contributed by atoms with Crippen LogP contribution in [0.25, 0.3) is 21.0 Å². The third-order valence-electron chi connectivity index (χ3n) is 3.49. The first-order chi connectivity index (χ1) is 9.02. The summed E-state index contributed by atoms with van der Waals surface area (Å²) in [4.78, 5) is 0. The average Bonchev–Trinajstić information content (AvgIpc) is 2.91. The van der Waals surface area contributed by atoms with Crippen molar-refractivity contribution < 1.29 is 0 Å². The average molecular weight is 310 g/mol. The highest BCUT2D eigenvalue weighted by molar-refractivity contribution is 7.17. The van der Waals surface area contributed by atoms with Gasteiger partial charge in [-0.1, -0.05) is 20.8 Å². The van der Waals surface area contributed by atoms with E-state index >= 15 is 0 Å². The zero-order valence-corrected chi connectivity index (χ0v) is 13.6. The first kappa shape index (κ1) is 15.3. The molecule has 5 heteroatoms. The molecule has 0 aliphatic rings. The normalized spacial score (nSPS) is 12.0. The van der Waals surface area contributed by atoms with Gasteiger partial charge in [-0.25, -0.2) is 0 Å². The van der Waals surface area contributed by atoms with Crippen LogP contribution in [-0.4, -0.2) is 16.3 Å². The minimum atomic E-state index is 0. The van der Waals surface area contributed by atoms with E-state index in [0.717, 1.165) is 6.54 Å². The molecule has 0 fully saturated rings. The van der Waals surface area contributed by atoms with Crippen LogP contribution in [0.15, 0.2) is 23.7 Å². The molecule has 2 aromatic heterocycles. The van der Waals surface area contributed by atoms with Gasteiger partial charge in [-0.3, -0.25) is 4.68 Å². The second-order valence-corrected chi connectivity index (χ2v) is 6.84. The smallest absolute Gasteiger partial charge is 0.0772 e. The lowest BCUT2D eigenvalue weighted by atomic mass is 9.86. The molecule has 2 N–H and O–H groups in total. The van der Waals surface area contributed by atoms with E-state index in [0.29, 0.717) is 6.54 Å². The van der Waals surface area contributed by atoms with E-state index in [-0.39, 0.29) is 17.8 Å². The summed E-state index contributed by atoms with van der Waals surface area (Å²) in [6.45, 7) is 8.16. The molecular weight excluding hydrogens is 290 g/mol. The molecule has 0 spiro atoms. The zero-order valence-electron chi connectivity index (χ0n) is 12.0. The Morgan fingerprint density at radius 3 is 2.70 bits per heavy atom. The number of thiophene rings is 1. The summed E-state index contributed by atoms with van der Waals surface area (Å²) in [6, 6.07) is 4.35. The van der Waals surface area contributed by atoms with Crippen LogP contribution in [-0.2, 0) is 12.0 Å². The Kier molecular flexibility index (Phi) is 4.09. The van der Waals surface area contributed by atoms with Crippen molar-refractivity contribution in [2.45, 2.75) is 32.7 Å². The highest BCUT2D eigenvalue weighted by atomic mass is 35.5. The molecule has 0 unspecified atom stereocenters. The zero-order chi connectivity index (χ0) is 13.6. The molecule has 1 aromatic carbocycles. The van der Waals surface area contributed by atoms with Gasteiger partial charge in [0.25, 0.3) is 0 Å². The summed E-state index contributed by atoms with van der Waals surface area (Å²) in [6.07, 6.45) is 1.94. The van der Waals surface area contributed by atoms with Crippen LogP contribution in [0.3, 0.4) is 0 Å². The molecule has 108 valence electrons. The standard InChI is InChI=1S/C15H19N3S.ClH/c1-15(2,3)11-9-19-12-5-4-10-8-17-18(7-6-16)14(10)13(11)12;/h4-5,8-9H,6-7,16H2,1-3H3;1H. The van der Waals surface area contributed by atoms with Crippen molar-refractivity contribution >= 4 is 44.7 Å². The van der Waals surface area contributed by atoms with Crippen LogP contribution in [0, 0.1) is 0 Å². The number of nitrogens with zero attached hydrogens (tertiary/aromatic N) is 2. The Bertz CT molecular complexity index is 737. The fourth-order valence-corrected chi connectivity index (χ4v) is 3.73. The van der Waals surface area contributed by atoms with E-state index in [1.54, 1.807) is 0 Å². The van der Waals surface area contributed by atoms with Gasteiger partial charge >= 0.3 is 0 Å². The molecule has 0 aliphatic heterocycles. The van der Waals surface area contributed by atoms with Crippen LogP contribution in [0.2, 0.25) is 0 Å². The molecule has 0 amide bonds. The summed E-state index contributed by atoms with van der Waals surface area (Å²) in [5.74, 6) is 0. The first-order valence-corrected chi connectivity index (χ1v) is 7.46.